The molecule has 2 aromatic heterocycles. The first kappa shape index (κ1) is 18.7. The van der Waals surface area contributed by atoms with Gasteiger partial charge in [0.15, 0.2) is 0 Å². The van der Waals surface area contributed by atoms with Gasteiger partial charge >= 0.3 is 0 Å². The van der Waals surface area contributed by atoms with E-state index >= 15 is 0 Å². The smallest absolute Gasteiger partial charge is 0.230 e. The normalized spacial score (nSPS) is 10.9. The molecule has 0 aliphatic heterocycles. The summed E-state index contributed by atoms with van der Waals surface area (Å²) >= 11 is 3.16. The van der Waals surface area contributed by atoms with Crippen molar-refractivity contribution in [3.05, 3.63) is 94.2 Å². The Kier molecular flexibility index (Phi) is 6.04. The molecule has 0 spiro atoms. The van der Waals surface area contributed by atoms with Crippen LogP contribution in [0.15, 0.2) is 83.2 Å². The minimum atomic E-state index is 0.0269. The van der Waals surface area contributed by atoms with Gasteiger partial charge in [0.05, 0.1) is 17.8 Å². The SMILES string of the molecule is O=C(CSc1nc2ccccc2cc1Cc1ccccc1)NCc1cccs1. The summed E-state index contributed by atoms with van der Waals surface area (Å²) < 4.78 is 0. The molecule has 2 aromatic carbocycles. The highest BCUT2D eigenvalue weighted by atomic mass is 32.2. The van der Waals surface area contributed by atoms with Crippen molar-refractivity contribution in [2.24, 2.45) is 0 Å². The fourth-order valence-corrected chi connectivity index (χ4v) is 4.49. The van der Waals surface area contributed by atoms with E-state index in [1.165, 1.54) is 17.3 Å². The Morgan fingerprint density at radius 1 is 1.00 bits per heavy atom. The molecule has 5 heteroatoms. The van der Waals surface area contributed by atoms with Crippen LogP contribution in [0.25, 0.3) is 10.9 Å². The highest BCUT2D eigenvalue weighted by molar-refractivity contribution is 7.99. The molecule has 140 valence electrons. The molecule has 0 bridgehead atoms. The topological polar surface area (TPSA) is 42.0 Å². The zero-order valence-electron chi connectivity index (χ0n) is 15.3. The third-order valence-electron chi connectivity index (χ3n) is 4.38. The lowest BCUT2D eigenvalue weighted by atomic mass is 10.0. The van der Waals surface area contributed by atoms with E-state index in [4.69, 9.17) is 4.98 Å². The summed E-state index contributed by atoms with van der Waals surface area (Å²) in [6.07, 6.45) is 0.803. The molecule has 1 amide bonds. The Balaban J connectivity index is 1.50. The van der Waals surface area contributed by atoms with Crippen LogP contribution >= 0.6 is 23.1 Å². The Morgan fingerprint density at radius 2 is 1.82 bits per heavy atom. The minimum absolute atomic E-state index is 0.0269. The van der Waals surface area contributed by atoms with Gasteiger partial charge in [-0.2, -0.15) is 0 Å². The van der Waals surface area contributed by atoms with E-state index in [1.807, 2.05) is 41.8 Å². The van der Waals surface area contributed by atoms with Gasteiger partial charge in [0.1, 0.15) is 5.03 Å². The van der Waals surface area contributed by atoms with Crippen LogP contribution in [0.4, 0.5) is 0 Å². The molecule has 0 saturated heterocycles. The van der Waals surface area contributed by atoms with Crippen LogP contribution in [-0.4, -0.2) is 16.6 Å². The fourth-order valence-electron chi connectivity index (χ4n) is 2.99. The van der Waals surface area contributed by atoms with Gasteiger partial charge < -0.3 is 5.32 Å². The number of rotatable bonds is 7. The van der Waals surface area contributed by atoms with Crippen molar-refractivity contribution in [3.63, 3.8) is 0 Å². The van der Waals surface area contributed by atoms with Crippen LogP contribution in [0.5, 0.6) is 0 Å². The van der Waals surface area contributed by atoms with E-state index < -0.39 is 0 Å². The molecule has 4 rings (SSSR count). The largest absolute Gasteiger partial charge is 0.350 e. The monoisotopic (exact) mass is 404 g/mol. The third-order valence-corrected chi connectivity index (χ3v) is 6.29. The second-order valence-electron chi connectivity index (χ2n) is 6.45. The maximum absolute atomic E-state index is 12.3. The number of carbonyl (C=O) groups is 1. The van der Waals surface area contributed by atoms with Gasteiger partial charge in [-0.15, -0.1) is 11.3 Å². The summed E-state index contributed by atoms with van der Waals surface area (Å²) in [5.41, 5.74) is 3.35. The van der Waals surface area contributed by atoms with Crippen LogP contribution in [0, 0.1) is 0 Å². The number of nitrogens with one attached hydrogen (secondary N) is 1. The Hall–Kier alpha value is -2.63. The van der Waals surface area contributed by atoms with Crippen molar-refractivity contribution in [2.75, 3.05) is 5.75 Å². The molecule has 0 radical (unpaired) electrons. The summed E-state index contributed by atoms with van der Waals surface area (Å²) in [4.78, 5) is 18.3. The molecule has 0 atom stereocenters. The number of amides is 1. The van der Waals surface area contributed by atoms with E-state index in [-0.39, 0.29) is 5.91 Å². The summed E-state index contributed by atoms with van der Waals surface area (Å²) in [6, 6.07) is 24.7. The highest BCUT2D eigenvalue weighted by Gasteiger charge is 2.11. The predicted molar refractivity (Wildman–Crippen MR) is 118 cm³/mol. The lowest BCUT2D eigenvalue weighted by Gasteiger charge is -2.11. The van der Waals surface area contributed by atoms with Gasteiger partial charge in [0.25, 0.3) is 0 Å². The van der Waals surface area contributed by atoms with Crippen molar-refractivity contribution in [2.45, 2.75) is 18.0 Å². The maximum atomic E-state index is 12.3. The number of nitrogens with zero attached hydrogens (tertiary/aromatic N) is 1. The number of thioether (sulfide) groups is 1. The van der Waals surface area contributed by atoms with Crippen molar-refractivity contribution >= 4 is 39.9 Å². The fraction of sp³-hybridized carbons (Fsp3) is 0.130. The number of thiophene rings is 1. The minimum Gasteiger partial charge on any atom is -0.350 e. The average molecular weight is 405 g/mol. The zero-order chi connectivity index (χ0) is 19.2. The predicted octanol–water partition coefficient (Wildman–Crippen LogP) is 5.30. The standard InChI is InChI=1S/C23H20N2OS2/c26-22(24-15-20-10-6-12-27-20)16-28-23-19(13-17-7-2-1-3-8-17)14-18-9-4-5-11-21(18)25-23/h1-12,14H,13,15-16H2,(H,24,26). The van der Waals surface area contributed by atoms with E-state index in [9.17, 15) is 4.79 Å². The number of hydrogen-bond donors (Lipinski definition) is 1. The molecule has 0 fully saturated rings. The summed E-state index contributed by atoms with van der Waals surface area (Å²) in [5.74, 6) is 0.386. The Bertz CT molecular complexity index is 1060. The number of hydrogen-bond acceptors (Lipinski definition) is 4. The summed E-state index contributed by atoms with van der Waals surface area (Å²) in [7, 11) is 0. The first-order valence-corrected chi connectivity index (χ1v) is 11.0. The maximum Gasteiger partial charge on any atom is 0.230 e. The molecule has 3 nitrogen and oxygen atoms in total. The average Bonchev–Trinajstić information content (AvgIpc) is 3.25. The molecule has 0 unspecified atom stereocenters. The molecule has 1 N–H and O–H groups in total. The van der Waals surface area contributed by atoms with Crippen LogP contribution in [0.3, 0.4) is 0 Å². The molecule has 2 heterocycles. The molecule has 4 aromatic rings. The van der Waals surface area contributed by atoms with Crippen molar-refractivity contribution < 1.29 is 4.79 Å². The van der Waals surface area contributed by atoms with Gasteiger partial charge in [-0.3, -0.25) is 4.79 Å². The number of pyridine rings is 1. The van der Waals surface area contributed by atoms with Crippen LogP contribution < -0.4 is 5.32 Å². The van der Waals surface area contributed by atoms with Crippen molar-refractivity contribution in [1.29, 1.82) is 0 Å². The number of para-hydroxylation sites is 1. The molecule has 0 saturated carbocycles. The molecule has 0 aliphatic carbocycles. The molecular formula is C23H20N2OS2. The van der Waals surface area contributed by atoms with Crippen LogP contribution in [0.1, 0.15) is 16.0 Å². The number of fused-ring (bicyclic) bond motifs is 1. The van der Waals surface area contributed by atoms with Gasteiger partial charge in [0, 0.05) is 16.7 Å². The molecule has 0 aliphatic rings. The van der Waals surface area contributed by atoms with E-state index in [1.54, 1.807) is 11.3 Å². The lowest BCUT2D eigenvalue weighted by Crippen LogP contribution is -2.24. The van der Waals surface area contributed by atoms with Gasteiger partial charge in [-0.25, -0.2) is 4.98 Å². The van der Waals surface area contributed by atoms with Gasteiger partial charge in [-0.05, 0) is 34.7 Å². The first-order chi connectivity index (χ1) is 13.8. The van der Waals surface area contributed by atoms with E-state index in [0.29, 0.717) is 12.3 Å². The second-order valence-corrected chi connectivity index (χ2v) is 8.45. The quantitative estimate of drug-likeness (QED) is 0.425. The van der Waals surface area contributed by atoms with E-state index in [0.717, 1.165) is 32.8 Å². The highest BCUT2D eigenvalue weighted by Crippen LogP contribution is 2.27. The van der Waals surface area contributed by atoms with Gasteiger partial charge in [-0.1, -0.05) is 66.4 Å². The zero-order valence-corrected chi connectivity index (χ0v) is 16.9. The molecular weight excluding hydrogens is 384 g/mol. The molecule has 28 heavy (non-hydrogen) atoms. The Labute approximate surface area is 172 Å². The number of carbonyl (C=O) groups excluding carboxylic acids is 1. The van der Waals surface area contributed by atoms with Crippen molar-refractivity contribution in [3.8, 4) is 0 Å². The number of aromatic nitrogens is 1. The van der Waals surface area contributed by atoms with Crippen LogP contribution in [0.2, 0.25) is 0 Å². The Morgan fingerprint density at radius 3 is 2.64 bits per heavy atom. The summed E-state index contributed by atoms with van der Waals surface area (Å²) in [6.45, 7) is 0.582. The summed E-state index contributed by atoms with van der Waals surface area (Å²) in [5, 5.41) is 7.05. The van der Waals surface area contributed by atoms with Crippen LogP contribution in [-0.2, 0) is 17.8 Å². The van der Waals surface area contributed by atoms with Crippen molar-refractivity contribution in [1.82, 2.24) is 10.3 Å². The number of benzene rings is 2. The lowest BCUT2D eigenvalue weighted by molar-refractivity contribution is -0.118. The second kappa shape index (κ2) is 9.04. The van der Waals surface area contributed by atoms with E-state index in [2.05, 4.69) is 41.7 Å². The third kappa shape index (κ3) is 4.80. The first-order valence-electron chi connectivity index (χ1n) is 9.12. The van der Waals surface area contributed by atoms with Gasteiger partial charge in [0.2, 0.25) is 5.91 Å².